The van der Waals surface area contributed by atoms with Crippen LogP contribution in [-0.2, 0) is 0 Å². The molecule has 2 unspecified atom stereocenters. The summed E-state index contributed by atoms with van der Waals surface area (Å²) in [6, 6.07) is 10.0. The Morgan fingerprint density at radius 2 is 1.95 bits per heavy atom. The minimum atomic E-state index is -0.909. The van der Waals surface area contributed by atoms with E-state index >= 15 is 0 Å². The molecule has 8 nitrogen and oxygen atoms in total. The number of para-hydroxylation sites is 1. The van der Waals surface area contributed by atoms with Gasteiger partial charge in [-0.2, -0.15) is 0 Å². The lowest BCUT2D eigenvalue weighted by Crippen LogP contribution is -2.59. The molecule has 184 valence electrons. The number of H-pyrrole nitrogens is 1. The second-order valence-corrected chi connectivity index (χ2v) is 10.1. The summed E-state index contributed by atoms with van der Waals surface area (Å²) in [5, 5.41) is 17.6. The summed E-state index contributed by atoms with van der Waals surface area (Å²) in [6.45, 7) is 3.26. The molecule has 2 atom stereocenters. The maximum absolute atomic E-state index is 11.3. The Balaban J connectivity index is 1.50. The third-order valence-electron chi connectivity index (χ3n) is 7.69. The highest BCUT2D eigenvalue weighted by molar-refractivity contribution is 6.13. The smallest absolute Gasteiger partial charge is 0.163 e. The van der Waals surface area contributed by atoms with Crippen molar-refractivity contribution >= 4 is 44.2 Å². The molecule has 0 radical (unpaired) electrons. The number of aliphatic hydroxyl groups is 1. The molecule has 0 amide bonds. The number of rotatable bonds is 4. The average Bonchev–Trinajstić information content (AvgIpc) is 3.25. The number of anilines is 1. The minimum Gasteiger partial charge on any atom is -0.387 e. The molecule has 5 aromatic rings. The largest absolute Gasteiger partial charge is 0.387 e. The SMILES string of the molecule is CN(c1nc(-c2ccnc3[nH]c4ccccc4c23)nc2cncc(C3=CC=C3)c12)C1CCNCC1(C)O. The standard InChI is InChI=1S/C29H27N7O/c1-29(37)16-30-12-11-23(29)36(2)28-25-20(17-6-5-7-17)14-31-15-22(25)34-26(35-28)19-10-13-32-27-24(19)18-8-3-4-9-21(18)33-27/h3-10,13-15,23,30,37H,11-12,16H2,1-2H3,(H,32,33). The molecule has 3 N–H and O–H groups in total. The van der Waals surface area contributed by atoms with E-state index in [1.807, 2.05) is 44.4 Å². The Kier molecular flexibility index (Phi) is 4.89. The molecule has 5 heterocycles. The van der Waals surface area contributed by atoms with E-state index in [0.29, 0.717) is 12.4 Å². The molecular formula is C29H27N7O. The van der Waals surface area contributed by atoms with E-state index in [2.05, 4.69) is 49.5 Å². The van der Waals surface area contributed by atoms with Gasteiger partial charge in [-0.3, -0.25) is 4.98 Å². The van der Waals surface area contributed by atoms with Crippen LogP contribution in [0.3, 0.4) is 0 Å². The van der Waals surface area contributed by atoms with Gasteiger partial charge in [-0.1, -0.05) is 36.4 Å². The lowest BCUT2D eigenvalue weighted by Gasteiger charge is -2.43. The fourth-order valence-electron chi connectivity index (χ4n) is 5.75. The van der Waals surface area contributed by atoms with Crippen LogP contribution < -0.4 is 10.2 Å². The summed E-state index contributed by atoms with van der Waals surface area (Å²) < 4.78 is 0. The first-order valence-corrected chi connectivity index (χ1v) is 12.6. The van der Waals surface area contributed by atoms with Crippen molar-refractivity contribution < 1.29 is 5.11 Å². The van der Waals surface area contributed by atoms with E-state index in [0.717, 1.165) is 68.3 Å². The molecule has 2 aliphatic rings. The molecular weight excluding hydrogens is 462 g/mol. The lowest BCUT2D eigenvalue weighted by molar-refractivity contribution is 0.0143. The van der Waals surface area contributed by atoms with E-state index in [4.69, 9.17) is 9.97 Å². The van der Waals surface area contributed by atoms with Crippen molar-refractivity contribution in [3.8, 4) is 11.4 Å². The summed E-state index contributed by atoms with van der Waals surface area (Å²) in [5.41, 5.74) is 4.68. The topological polar surface area (TPSA) is 103 Å². The number of benzene rings is 1. The Labute approximate surface area is 213 Å². The highest BCUT2D eigenvalue weighted by Gasteiger charge is 2.38. The molecule has 1 fully saturated rings. The fourth-order valence-corrected chi connectivity index (χ4v) is 5.75. The summed E-state index contributed by atoms with van der Waals surface area (Å²) in [6.07, 6.45) is 12.5. The quantitative estimate of drug-likeness (QED) is 0.347. The van der Waals surface area contributed by atoms with Crippen LogP contribution in [0, 0.1) is 0 Å². The molecule has 7 rings (SSSR count). The van der Waals surface area contributed by atoms with Gasteiger partial charge in [0.1, 0.15) is 11.5 Å². The van der Waals surface area contributed by atoms with Crippen LogP contribution in [0.15, 0.2) is 67.2 Å². The minimum absolute atomic E-state index is 0.114. The van der Waals surface area contributed by atoms with Gasteiger partial charge in [-0.15, -0.1) is 0 Å². The van der Waals surface area contributed by atoms with E-state index in [1.54, 1.807) is 12.4 Å². The number of aromatic nitrogens is 5. The average molecular weight is 490 g/mol. The van der Waals surface area contributed by atoms with Gasteiger partial charge in [-0.25, -0.2) is 15.0 Å². The predicted octanol–water partition coefficient (Wildman–Crippen LogP) is 4.22. The Bertz CT molecular complexity index is 1750. The number of allylic oxidation sites excluding steroid dienone is 4. The first kappa shape index (κ1) is 22.1. The number of fused-ring (bicyclic) bond motifs is 4. The van der Waals surface area contributed by atoms with Crippen LogP contribution in [0.25, 0.3) is 49.8 Å². The molecule has 0 saturated carbocycles. The van der Waals surface area contributed by atoms with Gasteiger partial charge in [0.15, 0.2) is 5.82 Å². The highest BCUT2D eigenvalue weighted by Crippen LogP contribution is 2.39. The molecule has 0 spiro atoms. The van der Waals surface area contributed by atoms with Crippen molar-refractivity contribution in [3.05, 3.63) is 72.7 Å². The van der Waals surface area contributed by atoms with Crippen LogP contribution in [0.1, 0.15) is 18.9 Å². The number of hydrogen-bond donors (Lipinski definition) is 3. The lowest BCUT2D eigenvalue weighted by atomic mass is 9.88. The molecule has 8 heteroatoms. The molecule has 1 aliphatic carbocycles. The fraction of sp³-hybridized carbons (Fsp3) is 0.241. The van der Waals surface area contributed by atoms with Crippen molar-refractivity contribution in [3.63, 3.8) is 0 Å². The van der Waals surface area contributed by atoms with Crippen molar-refractivity contribution in [2.75, 3.05) is 25.0 Å². The highest BCUT2D eigenvalue weighted by atomic mass is 16.3. The monoisotopic (exact) mass is 489 g/mol. The van der Waals surface area contributed by atoms with Gasteiger partial charge in [-0.05, 0) is 37.6 Å². The van der Waals surface area contributed by atoms with Gasteiger partial charge in [0.25, 0.3) is 0 Å². The zero-order valence-corrected chi connectivity index (χ0v) is 20.7. The number of aromatic amines is 1. The number of β-amino-alcohol motifs (C(OH)–C–C–N with tert-alkyl or cyclic N) is 1. The van der Waals surface area contributed by atoms with Gasteiger partial charge in [0.2, 0.25) is 0 Å². The predicted molar refractivity (Wildman–Crippen MR) is 147 cm³/mol. The molecule has 1 saturated heterocycles. The van der Waals surface area contributed by atoms with Crippen LogP contribution in [0.5, 0.6) is 0 Å². The van der Waals surface area contributed by atoms with Crippen LogP contribution in [0.2, 0.25) is 0 Å². The number of pyridine rings is 2. The number of likely N-dealkylation sites (N-methyl/N-ethyl adjacent to an activating group) is 1. The third-order valence-corrected chi connectivity index (χ3v) is 7.69. The van der Waals surface area contributed by atoms with E-state index in [9.17, 15) is 5.11 Å². The maximum Gasteiger partial charge on any atom is 0.163 e. The Hall–Kier alpha value is -4.14. The zero-order chi connectivity index (χ0) is 25.1. The summed E-state index contributed by atoms with van der Waals surface area (Å²) in [7, 11) is 2.03. The van der Waals surface area contributed by atoms with Crippen LogP contribution in [-0.4, -0.2) is 61.8 Å². The van der Waals surface area contributed by atoms with E-state index in [-0.39, 0.29) is 6.04 Å². The van der Waals surface area contributed by atoms with Crippen molar-refractivity contribution in [2.24, 2.45) is 0 Å². The second-order valence-electron chi connectivity index (χ2n) is 10.1. The Morgan fingerprint density at radius 3 is 2.76 bits per heavy atom. The number of hydrogen-bond acceptors (Lipinski definition) is 7. The van der Waals surface area contributed by atoms with Crippen molar-refractivity contribution in [1.29, 1.82) is 0 Å². The van der Waals surface area contributed by atoms with E-state index in [1.165, 1.54) is 0 Å². The van der Waals surface area contributed by atoms with Gasteiger partial charge in [0, 0.05) is 53.4 Å². The number of nitrogens with zero attached hydrogens (tertiary/aromatic N) is 5. The molecule has 1 aromatic carbocycles. The van der Waals surface area contributed by atoms with Crippen LogP contribution >= 0.6 is 0 Å². The van der Waals surface area contributed by atoms with E-state index < -0.39 is 5.60 Å². The normalized spacial score (nSPS) is 21.4. The first-order chi connectivity index (χ1) is 18.0. The molecule has 0 bridgehead atoms. The number of piperidine rings is 1. The summed E-state index contributed by atoms with van der Waals surface area (Å²) >= 11 is 0. The summed E-state index contributed by atoms with van der Waals surface area (Å²) in [5.74, 6) is 1.40. The van der Waals surface area contributed by atoms with Crippen molar-refractivity contribution in [2.45, 2.75) is 25.0 Å². The van der Waals surface area contributed by atoms with Gasteiger partial charge >= 0.3 is 0 Å². The third kappa shape index (κ3) is 3.44. The maximum atomic E-state index is 11.3. The molecule has 37 heavy (non-hydrogen) atoms. The van der Waals surface area contributed by atoms with Crippen LogP contribution in [0.4, 0.5) is 5.82 Å². The van der Waals surface area contributed by atoms with Gasteiger partial charge in [0.05, 0.1) is 28.7 Å². The summed E-state index contributed by atoms with van der Waals surface area (Å²) in [4.78, 5) is 24.9. The zero-order valence-electron chi connectivity index (χ0n) is 20.7. The molecule has 1 aliphatic heterocycles. The number of nitrogens with one attached hydrogen (secondary N) is 2. The first-order valence-electron chi connectivity index (χ1n) is 12.6. The second kappa shape index (κ2) is 8.19. The molecule has 4 aromatic heterocycles. The van der Waals surface area contributed by atoms with Crippen molar-refractivity contribution in [1.82, 2.24) is 30.2 Å². The Morgan fingerprint density at radius 1 is 1.08 bits per heavy atom. The van der Waals surface area contributed by atoms with Gasteiger partial charge < -0.3 is 20.3 Å².